The van der Waals surface area contributed by atoms with Gasteiger partial charge in [0.05, 0.1) is 6.54 Å². The van der Waals surface area contributed by atoms with E-state index in [9.17, 15) is 4.79 Å². The molecule has 2 aromatic rings. The molecule has 2 rings (SSSR count). The van der Waals surface area contributed by atoms with Crippen LogP contribution >= 0.6 is 0 Å². The van der Waals surface area contributed by atoms with Crippen LogP contribution in [0.3, 0.4) is 0 Å². The minimum absolute atomic E-state index is 0.223. The number of rotatable bonds is 3. The number of benzene rings is 1. The molecule has 0 spiro atoms. The molecular weight excluding hydrogens is 218 g/mol. The fourth-order valence-corrected chi connectivity index (χ4v) is 1.47. The van der Waals surface area contributed by atoms with E-state index in [1.165, 1.54) is 0 Å². The molecule has 0 fully saturated rings. The Bertz CT molecular complexity index is 507. The maximum absolute atomic E-state index is 11.8. The number of aryl methyl sites for hydroxylation is 1. The van der Waals surface area contributed by atoms with Gasteiger partial charge in [-0.15, -0.1) is 0 Å². The first-order valence-electron chi connectivity index (χ1n) is 5.20. The number of carbonyl (C=O) groups is 1. The average molecular weight is 231 g/mol. The van der Waals surface area contributed by atoms with Gasteiger partial charge in [-0.3, -0.25) is 9.80 Å². The molecule has 1 aromatic carbocycles. The highest BCUT2D eigenvalue weighted by atomic mass is 16.5. The minimum atomic E-state index is -0.356. The summed E-state index contributed by atoms with van der Waals surface area (Å²) in [6.45, 7) is 2.06. The molecule has 88 valence electrons. The molecule has 2 N–H and O–H groups in total. The molecule has 0 aliphatic rings. The molecule has 5 heteroatoms. The molecule has 0 unspecified atom stereocenters. The molecule has 1 aromatic heterocycles. The Labute approximate surface area is 98.8 Å². The zero-order valence-corrected chi connectivity index (χ0v) is 9.46. The highest BCUT2D eigenvalue weighted by Gasteiger charge is 2.16. The zero-order chi connectivity index (χ0) is 12.3. The topological polar surface area (TPSA) is 72.4 Å². The molecule has 17 heavy (non-hydrogen) atoms. The Kier molecular flexibility index (Phi) is 3.20. The molecule has 0 aliphatic carbocycles. The predicted octanol–water partition coefficient (Wildman–Crippen LogP) is 1.50. The molecule has 0 saturated carbocycles. The van der Waals surface area contributed by atoms with Crippen molar-refractivity contribution in [2.75, 3.05) is 0 Å². The van der Waals surface area contributed by atoms with E-state index in [4.69, 9.17) is 10.4 Å². The van der Waals surface area contributed by atoms with Gasteiger partial charge in [0.2, 0.25) is 0 Å². The average Bonchev–Trinajstić information content (AvgIpc) is 2.76. The summed E-state index contributed by atoms with van der Waals surface area (Å²) in [6, 6.07) is 11.1. The van der Waals surface area contributed by atoms with Crippen LogP contribution in [0.2, 0.25) is 0 Å². The van der Waals surface area contributed by atoms with Gasteiger partial charge < -0.3 is 4.52 Å². The first kappa shape index (κ1) is 11.3. The van der Waals surface area contributed by atoms with Gasteiger partial charge in [0.15, 0.2) is 5.69 Å². The van der Waals surface area contributed by atoms with Gasteiger partial charge >= 0.3 is 0 Å². The molecule has 0 aliphatic heterocycles. The van der Waals surface area contributed by atoms with Crippen LogP contribution in [0.1, 0.15) is 21.8 Å². The Morgan fingerprint density at radius 1 is 1.41 bits per heavy atom. The summed E-state index contributed by atoms with van der Waals surface area (Å²) >= 11 is 0. The number of nitrogens with two attached hydrogens (primary N) is 1. The number of amides is 1. The van der Waals surface area contributed by atoms with E-state index >= 15 is 0 Å². The number of hydrazine groups is 1. The van der Waals surface area contributed by atoms with E-state index in [0.29, 0.717) is 12.3 Å². The molecule has 1 amide bonds. The Morgan fingerprint density at radius 2 is 2.12 bits per heavy atom. The number of hydrogen-bond donors (Lipinski definition) is 1. The third-order valence-electron chi connectivity index (χ3n) is 2.30. The van der Waals surface area contributed by atoms with Gasteiger partial charge in [0.25, 0.3) is 5.91 Å². The minimum Gasteiger partial charge on any atom is -0.361 e. The molecule has 5 nitrogen and oxygen atoms in total. The van der Waals surface area contributed by atoms with Crippen molar-refractivity contribution in [3.05, 3.63) is 53.4 Å². The van der Waals surface area contributed by atoms with Crippen LogP contribution in [0.4, 0.5) is 0 Å². The summed E-state index contributed by atoms with van der Waals surface area (Å²) < 4.78 is 4.83. The second-order valence-electron chi connectivity index (χ2n) is 3.74. The number of carbonyl (C=O) groups excluding carboxylic acids is 1. The Hall–Kier alpha value is -2.14. The summed E-state index contributed by atoms with van der Waals surface area (Å²) in [5.74, 6) is 5.92. The van der Waals surface area contributed by atoms with Crippen LogP contribution in [-0.2, 0) is 6.54 Å². The monoisotopic (exact) mass is 231 g/mol. The summed E-state index contributed by atoms with van der Waals surface area (Å²) in [6.07, 6.45) is 0. The van der Waals surface area contributed by atoms with Crippen molar-refractivity contribution in [1.29, 1.82) is 0 Å². The summed E-state index contributed by atoms with van der Waals surface area (Å²) in [4.78, 5) is 11.8. The second-order valence-corrected chi connectivity index (χ2v) is 3.74. The SMILES string of the molecule is Cc1cc(C(=O)N(N)Cc2ccccc2)no1. The fourth-order valence-electron chi connectivity index (χ4n) is 1.47. The second kappa shape index (κ2) is 4.80. The Morgan fingerprint density at radius 3 is 2.71 bits per heavy atom. The third-order valence-corrected chi connectivity index (χ3v) is 2.30. The summed E-state index contributed by atoms with van der Waals surface area (Å²) in [5, 5.41) is 4.75. The molecule has 0 bridgehead atoms. The predicted molar refractivity (Wildman–Crippen MR) is 61.7 cm³/mol. The Balaban J connectivity index is 2.06. The highest BCUT2D eigenvalue weighted by Crippen LogP contribution is 2.07. The van der Waals surface area contributed by atoms with Gasteiger partial charge in [-0.1, -0.05) is 35.5 Å². The van der Waals surface area contributed by atoms with Crippen molar-refractivity contribution in [3.63, 3.8) is 0 Å². The first-order valence-corrected chi connectivity index (χ1v) is 5.20. The molecule has 1 heterocycles. The van der Waals surface area contributed by atoms with Crippen molar-refractivity contribution >= 4 is 5.91 Å². The van der Waals surface area contributed by atoms with Crippen LogP contribution in [0.15, 0.2) is 40.9 Å². The molecule has 0 radical (unpaired) electrons. The third kappa shape index (κ3) is 2.70. The van der Waals surface area contributed by atoms with Gasteiger partial charge in [0.1, 0.15) is 5.76 Å². The largest absolute Gasteiger partial charge is 0.361 e. The van der Waals surface area contributed by atoms with Crippen molar-refractivity contribution < 1.29 is 9.32 Å². The normalized spacial score (nSPS) is 10.2. The van der Waals surface area contributed by atoms with Crippen molar-refractivity contribution in [2.24, 2.45) is 5.84 Å². The standard InChI is InChI=1S/C12H13N3O2/c1-9-7-11(14-17-9)12(16)15(13)8-10-5-3-2-4-6-10/h2-7H,8,13H2,1H3. The van der Waals surface area contributed by atoms with Crippen molar-refractivity contribution in [1.82, 2.24) is 10.2 Å². The fraction of sp³-hybridized carbons (Fsp3) is 0.167. The van der Waals surface area contributed by atoms with Crippen LogP contribution in [-0.4, -0.2) is 16.1 Å². The van der Waals surface area contributed by atoms with Crippen LogP contribution in [0, 0.1) is 6.92 Å². The van der Waals surface area contributed by atoms with Gasteiger partial charge in [0, 0.05) is 6.07 Å². The first-order chi connectivity index (χ1) is 8.16. The van der Waals surface area contributed by atoms with E-state index in [-0.39, 0.29) is 11.6 Å². The molecule has 0 atom stereocenters. The lowest BCUT2D eigenvalue weighted by Crippen LogP contribution is -2.36. The van der Waals surface area contributed by atoms with Gasteiger partial charge in [-0.2, -0.15) is 0 Å². The van der Waals surface area contributed by atoms with Crippen molar-refractivity contribution in [2.45, 2.75) is 13.5 Å². The zero-order valence-electron chi connectivity index (χ0n) is 9.46. The lowest BCUT2D eigenvalue weighted by molar-refractivity contribution is 0.0732. The van der Waals surface area contributed by atoms with Gasteiger partial charge in [-0.25, -0.2) is 5.84 Å². The van der Waals surface area contributed by atoms with E-state index in [0.717, 1.165) is 10.6 Å². The number of hydrogen-bond acceptors (Lipinski definition) is 4. The number of nitrogens with zero attached hydrogens (tertiary/aromatic N) is 2. The lowest BCUT2D eigenvalue weighted by Gasteiger charge is -2.14. The molecule has 0 saturated heterocycles. The maximum Gasteiger partial charge on any atom is 0.290 e. The van der Waals surface area contributed by atoms with E-state index in [1.807, 2.05) is 30.3 Å². The van der Waals surface area contributed by atoms with Crippen LogP contribution in [0.5, 0.6) is 0 Å². The summed E-state index contributed by atoms with van der Waals surface area (Å²) in [5.41, 5.74) is 1.18. The van der Waals surface area contributed by atoms with Crippen molar-refractivity contribution in [3.8, 4) is 0 Å². The van der Waals surface area contributed by atoms with Gasteiger partial charge in [-0.05, 0) is 12.5 Å². The summed E-state index contributed by atoms with van der Waals surface area (Å²) in [7, 11) is 0. The van der Waals surface area contributed by atoms with E-state index in [1.54, 1.807) is 13.0 Å². The molecular formula is C12H13N3O2. The highest BCUT2D eigenvalue weighted by molar-refractivity contribution is 5.91. The lowest BCUT2D eigenvalue weighted by atomic mass is 10.2. The smallest absolute Gasteiger partial charge is 0.290 e. The van der Waals surface area contributed by atoms with E-state index < -0.39 is 0 Å². The van der Waals surface area contributed by atoms with E-state index in [2.05, 4.69) is 5.16 Å². The maximum atomic E-state index is 11.8. The quantitative estimate of drug-likeness (QED) is 0.493. The number of aromatic nitrogens is 1. The van der Waals surface area contributed by atoms with Crippen LogP contribution in [0.25, 0.3) is 0 Å². The van der Waals surface area contributed by atoms with Crippen LogP contribution < -0.4 is 5.84 Å².